The first-order valence-corrected chi connectivity index (χ1v) is 7.05. The summed E-state index contributed by atoms with van der Waals surface area (Å²) in [7, 11) is 0. The zero-order valence-electron chi connectivity index (χ0n) is 11.5. The van der Waals surface area contributed by atoms with E-state index in [1.165, 1.54) is 31.4 Å². The number of piperidine rings is 1. The summed E-state index contributed by atoms with van der Waals surface area (Å²) in [5.74, 6) is -0.890. The second kappa shape index (κ2) is 6.96. The van der Waals surface area contributed by atoms with E-state index in [0.29, 0.717) is 5.56 Å². The molecule has 0 unspecified atom stereocenters. The van der Waals surface area contributed by atoms with Gasteiger partial charge in [-0.15, -0.1) is 0 Å². The van der Waals surface area contributed by atoms with E-state index in [1.54, 1.807) is 6.92 Å². The van der Waals surface area contributed by atoms with Crippen LogP contribution < -0.4 is 5.32 Å². The van der Waals surface area contributed by atoms with Gasteiger partial charge < -0.3 is 10.2 Å². The number of halogens is 2. The van der Waals surface area contributed by atoms with Gasteiger partial charge in [-0.05, 0) is 44.5 Å². The molecule has 0 amide bonds. The van der Waals surface area contributed by atoms with Crippen LogP contribution >= 0.6 is 0 Å². The van der Waals surface area contributed by atoms with Gasteiger partial charge in [-0.25, -0.2) is 8.78 Å². The fraction of sp³-hybridized carbons (Fsp3) is 0.600. The van der Waals surface area contributed by atoms with Crippen molar-refractivity contribution in [2.75, 3.05) is 26.2 Å². The summed E-state index contributed by atoms with van der Waals surface area (Å²) < 4.78 is 27.3. The standard InChI is InChI=1S/C15H22F2N2/c1-12-5-6-14(16)13(15(12)17)11-18-7-10-19-8-3-2-4-9-19/h5-6,18H,2-4,7-11H2,1H3. The molecule has 1 aliphatic rings. The van der Waals surface area contributed by atoms with Crippen LogP contribution in [0.15, 0.2) is 12.1 Å². The number of likely N-dealkylation sites (tertiary alicyclic amines) is 1. The van der Waals surface area contributed by atoms with E-state index < -0.39 is 11.6 Å². The first-order chi connectivity index (χ1) is 9.18. The van der Waals surface area contributed by atoms with Crippen molar-refractivity contribution in [1.82, 2.24) is 10.2 Å². The third kappa shape index (κ3) is 3.98. The van der Waals surface area contributed by atoms with Gasteiger partial charge in [0.2, 0.25) is 0 Å². The molecule has 0 aliphatic carbocycles. The number of aryl methyl sites for hydroxylation is 1. The van der Waals surface area contributed by atoms with Crippen molar-refractivity contribution in [3.05, 3.63) is 34.9 Å². The second-order valence-electron chi connectivity index (χ2n) is 5.24. The first kappa shape index (κ1) is 14.4. The molecule has 0 atom stereocenters. The molecule has 1 heterocycles. The van der Waals surface area contributed by atoms with Crippen molar-refractivity contribution in [2.24, 2.45) is 0 Å². The van der Waals surface area contributed by atoms with Crippen LogP contribution in [-0.2, 0) is 6.54 Å². The van der Waals surface area contributed by atoms with Crippen LogP contribution in [0.1, 0.15) is 30.4 Å². The van der Waals surface area contributed by atoms with Crippen molar-refractivity contribution >= 4 is 0 Å². The lowest BCUT2D eigenvalue weighted by atomic mass is 10.1. The van der Waals surface area contributed by atoms with Gasteiger partial charge in [-0.2, -0.15) is 0 Å². The summed E-state index contributed by atoms with van der Waals surface area (Å²) in [6.07, 6.45) is 3.85. The van der Waals surface area contributed by atoms with Gasteiger partial charge in [0.15, 0.2) is 0 Å². The molecule has 19 heavy (non-hydrogen) atoms. The maximum absolute atomic E-state index is 13.8. The molecule has 1 N–H and O–H groups in total. The van der Waals surface area contributed by atoms with Gasteiger partial charge in [-0.1, -0.05) is 12.5 Å². The number of nitrogens with one attached hydrogen (secondary N) is 1. The van der Waals surface area contributed by atoms with Gasteiger partial charge >= 0.3 is 0 Å². The Morgan fingerprint density at radius 3 is 2.63 bits per heavy atom. The Morgan fingerprint density at radius 1 is 1.16 bits per heavy atom. The summed E-state index contributed by atoms with van der Waals surface area (Å²) in [5.41, 5.74) is 0.646. The summed E-state index contributed by atoms with van der Waals surface area (Å²) in [6.45, 7) is 5.94. The van der Waals surface area contributed by atoms with Crippen LogP contribution in [0.3, 0.4) is 0 Å². The molecule has 0 aromatic heterocycles. The Morgan fingerprint density at radius 2 is 1.89 bits per heavy atom. The van der Waals surface area contributed by atoms with E-state index in [0.717, 1.165) is 26.2 Å². The van der Waals surface area contributed by atoms with Gasteiger partial charge in [0.05, 0.1) is 0 Å². The van der Waals surface area contributed by atoms with Crippen molar-refractivity contribution in [3.63, 3.8) is 0 Å². The molecule has 0 bridgehead atoms. The van der Waals surface area contributed by atoms with Gasteiger partial charge in [0, 0.05) is 25.2 Å². The average molecular weight is 268 g/mol. The highest BCUT2D eigenvalue weighted by Crippen LogP contribution is 2.15. The lowest BCUT2D eigenvalue weighted by Crippen LogP contribution is -2.35. The Kier molecular flexibility index (Phi) is 5.28. The third-order valence-electron chi connectivity index (χ3n) is 3.73. The van der Waals surface area contributed by atoms with Crippen LogP contribution in [-0.4, -0.2) is 31.1 Å². The molecular weight excluding hydrogens is 246 g/mol. The molecular formula is C15H22F2N2. The van der Waals surface area contributed by atoms with E-state index in [1.807, 2.05) is 0 Å². The Balaban J connectivity index is 1.77. The zero-order chi connectivity index (χ0) is 13.7. The Labute approximate surface area is 113 Å². The number of rotatable bonds is 5. The topological polar surface area (TPSA) is 15.3 Å². The van der Waals surface area contributed by atoms with Crippen molar-refractivity contribution in [1.29, 1.82) is 0 Å². The average Bonchev–Trinajstić information content (AvgIpc) is 2.43. The lowest BCUT2D eigenvalue weighted by Gasteiger charge is -2.26. The third-order valence-corrected chi connectivity index (χ3v) is 3.73. The maximum atomic E-state index is 13.8. The smallest absolute Gasteiger partial charge is 0.133 e. The minimum Gasteiger partial charge on any atom is -0.311 e. The first-order valence-electron chi connectivity index (χ1n) is 7.05. The fourth-order valence-corrected chi connectivity index (χ4v) is 2.51. The molecule has 0 saturated carbocycles. The summed E-state index contributed by atoms with van der Waals surface area (Å²) in [6, 6.07) is 2.81. The van der Waals surface area contributed by atoms with Crippen molar-refractivity contribution < 1.29 is 8.78 Å². The highest BCUT2D eigenvalue weighted by atomic mass is 19.1. The normalized spacial score (nSPS) is 16.8. The largest absolute Gasteiger partial charge is 0.311 e. The number of hydrogen-bond acceptors (Lipinski definition) is 2. The Hall–Kier alpha value is -1.00. The van der Waals surface area contributed by atoms with E-state index in [2.05, 4.69) is 10.2 Å². The zero-order valence-corrected chi connectivity index (χ0v) is 11.5. The second-order valence-corrected chi connectivity index (χ2v) is 5.24. The molecule has 1 saturated heterocycles. The summed E-state index contributed by atoms with van der Waals surface area (Å²) in [4.78, 5) is 2.40. The highest BCUT2D eigenvalue weighted by molar-refractivity contribution is 5.26. The van der Waals surface area contributed by atoms with E-state index in [9.17, 15) is 8.78 Å². The molecule has 1 aromatic carbocycles. The van der Waals surface area contributed by atoms with Gasteiger partial charge in [-0.3, -0.25) is 0 Å². The molecule has 0 radical (unpaired) electrons. The summed E-state index contributed by atoms with van der Waals surface area (Å²) in [5, 5.41) is 3.14. The number of benzene rings is 1. The lowest BCUT2D eigenvalue weighted by molar-refractivity contribution is 0.228. The van der Waals surface area contributed by atoms with E-state index >= 15 is 0 Å². The number of nitrogens with zero attached hydrogens (tertiary/aromatic N) is 1. The van der Waals surface area contributed by atoms with Crippen LogP contribution in [0.2, 0.25) is 0 Å². The quantitative estimate of drug-likeness (QED) is 0.826. The molecule has 2 rings (SSSR count). The predicted octanol–water partition coefficient (Wildman–Crippen LogP) is 2.85. The van der Waals surface area contributed by atoms with E-state index in [4.69, 9.17) is 0 Å². The van der Waals surface area contributed by atoms with Crippen LogP contribution in [0, 0.1) is 18.6 Å². The van der Waals surface area contributed by atoms with Crippen molar-refractivity contribution in [2.45, 2.75) is 32.7 Å². The molecule has 1 aliphatic heterocycles. The molecule has 2 nitrogen and oxygen atoms in total. The van der Waals surface area contributed by atoms with Gasteiger partial charge in [0.1, 0.15) is 11.6 Å². The Bertz CT molecular complexity index is 415. The molecule has 106 valence electrons. The molecule has 1 aromatic rings. The summed E-state index contributed by atoms with van der Waals surface area (Å²) >= 11 is 0. The minimum absolute atomic E-state index is 0.152. The minimum atomic E-state index is -0.464. The van der Waals surface area contributed by atoms with Crippen LogP contribution in [0.5, 0.6) is 0 Å². The van der Waals surface area contributed by atoms with E-state index in [-0.39, 0.29) is 12.1 Å². The maximum Gasteiger partial charge on any atom is 0.133 e. The molecule has 1 fully saturated rings. The fourth-order valence-electron chi connectivity index (χ4n) is 2.51. The predicted molar refractivity (Wildman–Crippen MR) is 73.1 cm³/mol. The molecule has 0 spiro atoms. The van der Waals surface area contributed by atoms with Gasteiger partial charge in [0.25, 0.3) is 0 Å². The highest BCUT2D eigenvalue weighted by Gasteiger charge is 2.12. The SMILES string of the molecule is Cc1ccc(F)c(CNCCN2CCCCC2)c1F. The number of hydrogen-bond donors (Lipinski definition) is 1. The monoisotopic (exact) mass is 268 g/mol. The van der Waals surface area contributed by atoms with Crippen molar-refractivity contribution in [3.8, 4) is 0 Å². The van der Waals surface area contributed by atoms with Crippen LogP contribution in [0.25, 0.3) is 0 Å². The molecule has 4 heteroatoms. The van der Waals surface area contributed by atoms with Crippen LogP contribution in [0.4, 0.5) is 8.78 Å².